The van der Waals surface area contributed by atoms with Crippen LogP contribution in [0.25, 0.3) is 0 Å². The van der Waals surface area contributed by atoms with E-state index < -0.39 is 72.0 Å². The summed E-state index contributed by atoms with van der Waals surface area (Å²) >= 11 is 0. The number of esters is 5. The van der Waals surface area contributed by atoms with Crippen molar-refractivity contribution in [1.29, 1.82) is 0 Å². The van der Waals surface area contributed by atoms with Crippen molar-refractivity contribution in [1.82, 2.24) is 25.3 Å². The van der Waals surface area contributed by atoms with Gasteiger partial charge in [0.2, 0.25) is 11.8 Å². The molecular formula is C60H83N5O20. The Kier molecular flexibility index (Phi) is 29.5. The van der Waals surface area contributed by atoms with Gasteiger partial charge in [0.1, 0.15) is 49.1 Å². The molecule has 0 aromatic heterocycles. The fraction of sp³-hybridized carbons (Fsp3) is 0.550. The van der Waals surface area contributed by atoms with Crippen LogP contribution in [0.2, 0.25) is 0 Å². The number of carbonyl (C=O) groups is 7. The zero-order chi connectivity index (χ0) is 61.6. The summed E-state index contributed by atoms with van der Waals surface area (Å²) in [4.78, 5) is 92.1. The van der Waals surface area contributed by atoms with Gasteiger partial charge >= 0.3 is 29.8 Å². The van der Waals surface area contributed by atoms with Gasteiger partial charge in [0.25, 0.3) is 0 Å². The third-order valence-electron chi connectivity index (χ3n) is 13.4. The molecule has 2 heterocycles. The van der Waals surface area contributed by atoms with E-state index in [4.69, 9.17) is 56.8 Å². The lowest BCUT2D eigenvalue weighted by Gasteiger charge is -2.44. The second kappa shape index (κ2) is 36.6. The molecule has 2 aliphatic heterocycles. The van der Waals surface area contributed by atoms with Gasteiger partial charge in [-0.3, -0.25) is 48.3 Å². The molecule has 5 atom stereocenters. The van der Waals surface area contributed by atoms with Gasteiger partial charge in [0, 0.05) is 73.1 Å². The highest BCUT2D eigenvalue weighted by Gasteiger charge is 2.51. The van der Waals surface area contributed by atoms with Crippen molar-refractivity contribution in [2.45, 2.75) is 96.0 Å². The Hall–Kier alpha value is -7.23. The van der Waals surface area contributed by atoms with Gasteiger partial charge in [-0.05, 0) is 47.4 Å². The quantitative estimate of drug-likeness (QED) is 0.0244. The predicted molar refractivity (Wildman–Crippen MR) is 304 cm³/mol. The van der Waals surface area contributed by atoms with Crippen molar-refractivity contribution in [2.24, 2.45) is 0 Å². The van der Waals surface area contributed by atoms with Gasteiger partial charge in [0.15, 0.2) is 18.5 Å². The van der Waals surface area contributed by atoms with Crippen LogP contribution in [-0.2, 0) is 86.5 Å². The standard InChI is InChI=1S/C60H83N5O20/c1-42(66)16-25-55(73)79-32-28-64-39-63(40-65(41-64)29-33-82-60(47-12-9-8-10-13-47,48-17-21-50(74-6)22-18-48)49-19-23-51(75-7)24-20-49)27-31-78-54(72)15-11-14-53(71)61-26-30-76-34-35-77-36-37-80-59-56(62-43(2)67)58(84-46(5)70)57(83-45(4)69)52(85-59)38-81-44(3)68/h8-10,12-13,17-24,52,56-59,66H,1,11,14-16,25-41H2,2-7H3,(H,61,71)(H,62,67). The average Bonchev–Trinajstić information content (AvgIpc) is 1.46. The van der Waals surface area contributed by atoms with Gasteiger partial charge in [-0.1, -0.05) is 61.2 Å². The number of aliphatic hydroxyl groups is 1. The minimum Gasteiger partial charge on any atom is -0.513 e. The highest BCUT2D eigenvalue weighted by molar-refractivity contribution is 5.77. The number of nitrogens with zero attached hydrogens (tertiary/aromatic N) is 3. The van der Waals surface area contributed by atoms with Gasteiger partial charge < -0.3 is 72.6 Å². The number of aliphatic hydroxyl groups excluding tert-OH is 1. The molecule has 2 saturated heterocycles. The Morgan fingerprint density at radius 3 is 1.65 bits per heavy atom. The van der Waals surface area contributed by atoms with Crippen molar-refractivity contribution >= 4 is 41.7 Å². The molecule has 3 aromatic carbocycles. The maximum atomic E-state index is 12.9. The predicted octanol–water partition coefficient (Wildman–Crippen LogP) is 3.74. The number of hydrogen-bond acceptors (Lipinski definition) is 23. The number of ether oxygens (including phenoxy) is 12. The van der Waals surface area contributed by atoms with Gasteiger partial charge in [-0.2, -0.15) is 0 Å². The topological polar surface area (TPSA) is 284 Å². The molecular weight excluding hydrogens is 1110 g/mol. The molecule has 0 saturated carbocycles. The van der Waals surface area contributed by atoms with Gasteiger partial charge in [0.05, 0.1) is 86.0 Å². The summed E-state index contributed by atoms with van der Waals surface area (Å²) in [5.41, 5.74) is 1.71. The number of carbonyl (C=O) groups excluding carboxylic acids is 7. The molecule has 2 amide bonds. The van der Waals surface area contributed by atoms with Crippen LogP contribution in [0.3, 0.4) is 0 Å². The van der Waals surface area contributed by atoms with E-state index in [2.05, 4.69) is 31.9 Å². The van der Waals surface area contributed by atoms with Crippen LogP contribution in [-0.4, -0.2) is 212 Å². The first kappa shape index (κ1) is 68.5. The molecule has 2 aliphatic rings. The lowest BCUT2D eigenvalue weighted by atomic mass is 9.80. The summed E-state index contributed by atoms with van der Waals surface area (Å²) in [5, 5.41) is 14.8. The van der Waals surface area contributed by atoms with E-state index in [0.717, 1.165) is 30.5 Å². The SMILES string of the molecule is C=C(O)CCC(=O)OCCN1CN(CCOC(=O)CCCC(=O)NCCOCCOCCOC2OC(COC(C)=O)C(OC(C)=O)C(OC(C)=O)C2NC(C)=O)CN(CCOC(c2ccccc2)(c2ccc(OC)cc2)c2ccc(OC)cc2)C1. The van der Waals surface area contributed by atoms with Crippen molar-refractivity contribution in [3.8, 4) is 11.5 Å². The highest BCUT2D eigenvalue weighted by Crippen LogP contribution is 2.42. The Balaban J connectivity index is 1.04. The molecule has 0 spiro atoms. The van der Waals surface area contributed by atoms with E-state index >= 15 is 0 Å². The molecule has 5 rings (SSSR count). The molecule has 2 fully saturated rings. The molecule has 468 valence electrons. The van der Waals surface area contributed by atoms with Crippen LogP contribution in [0.15, 0.2) is 91.2 Å². The minimum absolute atomic E-state index is 0.0174. The largest absolute Gasteiger partial charge is 0.513 e. The summed E-state index contributed by atoms with van der Waals surface area (Å²) < 4.78 is 68.3. The lowest BCUT2D eigenvalue weighted by Crippen LogP contribution is -2.66. The van der Waals surface area contributed by atoms with Gasteiger partial charge in [-0.15, -0.1) is 0 Å². The van der Waals surface area contributed by atoms with Gasteiger partial charge in [-0.25, -0.2) is 0 Å². The minimum atomic E-state index is -1.25. The van der Waals surface area contributed by atoms with Crippen LogP contribution in [0.4, 0.5) is 0 Å². The second-order valence-electron chi connectivity index (χ2n) is 20.0. The van der Waals surface area contributed by atoms with Crippen molar-refractivity contribution < 1.29 is 95.5 Å². The number of nitrogens with one attached hydrogen (secondary N) is 2. The first-order chi connectivity index (χ1) is 40.9. The number of amides is 2. The Bertz CT molecular complexity index is 2530. The average molecular weight is 1190 g/mol. The zero-order valence-corrected chi connectivity index (χ0v) is 49.5. The number of benzene rings is 3. The van der Waals surface area contributed by atoms with Crippen molar-refractivity contribution in [3.63, 3.8) is 0 Å². The molecule has 85 heavy (non-hydrogen) atoms. The summed E-state index contributed by atoms with van der Waals surface area (Å²) in [6.45, 7) is 12.0. The Labute approximate surface area is 496 Å². The van der Waals surface area contributed by atoms with Crippen LogP contribution in [0.5, 0.6) is 11.5 Å². The van der Waals surface area contributed by atoms with Crippen LogP contribution >= 0.6 is 0 Å². The van der Waals surface area contributed by atoms with Crippen LogP contribution in [0.1, 0.15) is 76.5 Å². The molecule has 3 aromatic rings. The highest BCUT2D eigenvalue weighted by atomic mass is 16.7. The zero-order valence-electron chi connectivity index (χ0n) is 49.5. The number of methoxy groups -OCH3 is 2. The fourth-order valence-corrected chi connectivity index (χ4v) is 9.50. The summed E-state index contributed by atoms with van der Waals surface area (Å²) in [5.74, 6) is -2.39. The van der Waals surface area contributed by atoms with E-state index in [-0.39, 0.29) is 103 Å². The molecule has 3 N–H and O–H groups in total. The van der Waals surface area contributed by atoms with E-state index in [9.17, 15) is 38.7 Å². The van der Waals surface area contributed by atoms with E-state index in [1.54, 1.807) is 14.2 Å². The number of rotatable bonds is 37. The maximum Gasteiger partial charge on any atom is 0.306 e. The maximum absolute atomic E-state index is 12.9. The van der Waals surface area contributed by atoms with Crippen molar-refractivity contribution in [3.05, 3.63) is 108 Å². The van der Waals surface area contributed by atoms with Crippen LogP contribution < -0.4 is 20.1 Å². The number of hydrogen-bond donors (Lipinski definition) is 3. The molecule has 25 heteroatoms. The van der Waals surface area contributed by atoms with E-state index in [1.165, 1.54) is 13.8 Å². The Morgan fingerprint density at radius 2 is 1.12 bits per heavy atom. The van der Waals surface area contributed by atoms with E-state index in [1.807, 2.05) is 78.9 Å². The third kappa shape index (κ3) is 23.6. The first-order valence-corrected chi connectivity index (χ1v) is 28.2. The lowest BCUT2D eigenvalue weighted by molar-refractivity contribution is -0.279. The summed E-state index contributed by atoms with van der Waals surface area (Å²) in [7, 11) is 3.25. The fourth-order valence-electron chi connectivity index (χ4n) is 9.50. The van der Waals surface area contributed by atoms with Crippen molar-refractivity contribution in [2.75, 3.05) is 120 Å². The monoisotopic (exact) mass is 1190 g/mol. The molecule has 0 radical (unpaired) electrons. The number of allylic oxidation sites excluding steroid dienone is 1. The van der Waals surface area contributed by atoms with Crippen LogP contribution in [0, 0.1) is 0 Å². The first-order valence-electron chi connectivity index (χ1n) is 28.2. The molecule has 0 bridgehead atoms. The summed E-state index contributed by atoms with van der Waals surface area (Å²) in [6, 6.07) is 24.6. The smallest absolute Gasteiger partial charge is 0.306 e. The molecule has 5 unspecified atom stereocenters. The Morgan fingerprint density at radius 1 is 0.600 bits per heavy atom. The van der Waals surface area contributed by atoms with E-state index in [0.29, 0.717) is 57.7 Å². The normalized spacial score (nSPS) is 18.3. The molecule has 25 nitrogen and oxygen atoms in total. The third-order valence-corrected chi connectivity index (χ3v) is 13.4. The summed E-state index contributed by atoms with van der Waals surface area (Å²) in [6.07, 6.45) is -4.28. The molecule has 0 aliphatic carbocycles. The second-order valence-corrected chi connectivity index (χ2v) is 20.0.